The molecule has 3 heterocycles. The summed E-state index contributed by atoms with van der Waals surface area (Å²) in [6.07, 6.45) is 5.68. The standard InChI is InChI=1S/C15H23N3O3S/c1-21-13-7-11-17(12-13)15-14(6-5-8-16-15)22(19,20)18-9-3-2-4-10-18/h5-6,8,13H,2-4,7,9-12H2,1H3/t13-/m1/s1. The summed E-state index contributed by atoms with van der Waals surface area (Å²) < 4.78 is 32.9. The molecule has 1 aromatic heterocycles. The average molecular weight is 325 g/mol. The molecule has 0 saturated carbocycles. The van der Waals surface area contributed by atoms with Crippen molar-refractivity contribution < 1.29 is 13.2 Å². The molecule has 2 aliphatic heterocycles. The van der Waals surface area contributed by atoms with Crippen molar-refractivity contribution in [2.24, 2.45) is 0 Å². The molecule has 122 valence electrons. The topological polar surface area (TPSA) is 62.7 Å². The van der Waals surface area contributed by atoms with Crippen molar-refractivity contribution >= 4 is 15.8 Å². The van der Waals surface area contributed by atoms with E-state index in [4.69, 9.17) is 4.74 Å². The Kier molecular flexibility index (Phi) is 4.65. The first kappa shape index (κ1) is 15.7. The summed E-state index contributed by atoms with van der Waals surface area (Å²) in [5.41, 5.74) is 0. The molecule has 1 aromatic rings. The number of hydrogen-bond acceptors (Lipinski definition) is 5. The lowest BCUT2D eigenvalue weighted by atomic mass is 10.2. The molecule has 7 heteroatoms. The normalized spacial score (nSPS) is 23.9. The van der Waals surface area contributed by atoms with Crippen molar-refractivity contribution in [3.05, 3.63) is 18.3 Å². The Balaban J connectivity index is 1.91. The first-order valence-corrected chi connectivity index (χ1v) is 9.30. The van der Waals surface area contributed by atoms with Gasteiger partial charge in [0.25, 0.3) is 0 Å². The summed E-state index contributed by atoms with van der Waals surface area (Å²) in [7, 11) is -1.77. The second kappa shape index (κ2) is 6.52. The minimum atomic E-state index is -3.47. The number of rotatable bonds is 4. The maximum atomic E-state index is 12.9. The van der Waals surface area contributed by atoms with Crippen LogP contribution in [-0.4, -0.2) is 57.1 Å². The molecule has 0 amide bonds. The molecular formula is C15H23N3O3S. The van der Waals surface area contributed by atoms with Gasteiger partial charge in [-0.3, -0.25) is 0 Å². The van der Waals surface area contributed by atoms with Crippen LogP contribution in [0.5, 0.6) is 0 Å². The van der Waals surface area contributed by atoms with Gasteiger partial charge < -0.3 is 9.64 Å². The maximum absolute atomic E-state index is 12.9. The minimum Gasteiger partial charge on any atom is -0.380 e. The Bertz CT molecular complexity index is 614. The molecule has 0 spiro atoms. The van der Waals surface area contributed by atoms with E-state index < -0.39 is 10.0 Å². The van der Waals surface area contributed by atoms with Crippen LogP contribution in [0.3, 0.4) is 0 Å². The predicted molar refractivity (Wildman–Crippen MR) is 84.5 cm³/mol. The molecule has 2 fully saturated rings. The molecule has 0 unspecified atom stereocenters. The third kappa shape index (κ3) is 2.98. The molecule has 22 heavy (non-hydrogen) atoms. The van der Waals surface area contributed by atoms with Gasteiger partial charge in [0.2, 0.25) is 10.0 Å². The van der Waals surface area contributed by atoms with Crippen molar-refractivity contribution in [1.29, 1.82) is 0 Å². The lowest BCUT2D eigenvalue weighted by molar-refractivity contribution is 0.121. The van der Waals surface area contributed by atoms with E-state index in [-0.39, 0.29) is 6.10 Å². The summed E-state index contributed by atoms with van der Waals surface area (Å²) in [6.45, 7) is 2.68. The molecular weight excluding hydrogens is 302 g/mol. The molecule has 0 bridgehead atoms. The minimum absolute atomic E-state index is 0.146. The summed E-state index contributed by atoms with van der Waals surface area (Å²) in [5, 5.41) is 0. The lowest BCUT2D eigenvalue weighted by Gasteiger charge is -2.28. The fourth-order valence-corrected chi connectivity index (χ4v) is 4.86. The van der Waals surface area contributed by atoms with Crippen molar-refractivity contribution in [2.75, 3.05) is 38.2 Å². The highest BCUT2D eigenvalue weighted by Gasteiger charge is 2.32. The van der Waals surface area contributed by atoms with E-state index in [1.807, 2.05) is 4.90 Å². The van der Waals surface area contributed by atoms with Gasteiger partial charge in [-0.25, -0.2) is 13.4 Å². The first-order chi connectivity index (χ1) is 10.6. The van der Waals surface area contributed by atoms with Gasteiger partial charge >= 0.3 is 0 Å². The largest absolute Gasteiger partial charge is 0.380 e. The highest BCUT2D eigenvalue weighted by Crippen LogP contribution is 2.30. The van der Waals surface area contributed by atoms with Crippen LogP contribution in [-0.2, 0) is 14.8 Å². The van der Waals surface area contributed by atoms with Gasteiger partial charge in [0.05, 0.1) is 6.10 Å². The maximum Gasteiger partial charge on any atom is 0.246 e. The highest BCUT2D eigenvalue weighted by molar-refractivity contribution is 7.89. The number of nitrogens with zero attached hydrogens (tertiary/aromatic N) is 3. The summed E-state index contributed by atoms with van der Waals surface area (Å²) in [5.74, 6) is 0.563. The van der Waals surface area contributed by atoms with Gasteiger partial charge in [-0.15, -0.1) is 0 Å². The zero-order valence-electron chi connectivity index (χ0n) is 12.9. The second-order valence-corrected chi connectivity index (χ2v) is 7.79. The van der Waals surface area contributed by atoms with Crippen LogP contribution in [0.1, 0.15) is 25.7 Å². The number of anilines is 1. The van der Waals surface area contributed by atoms with Crippen LogP contribution < -0.4 is 4.90 Å². The number of pyridine rings is 1. The van der Waals surface area contributed by atoms with Crippen molar-refractivity contribution in [3.8, 4) is 0 Å². The van der Waals surface area contributed by atoms with Gasteiger partial charge in [-0.1, -0.05) is 6.42 Å². The molecule has 0 aliphatic carbocycles. The van der Waals surface area contributed by atoms with E-state index in [0.29, 0.717) is 30.3 Å². The van der Waals surface area contributed by atoms with Crippen LogP contribution in [0.4, 0.5) is 5.82 Å². The monoisotopic (exact) mass is 325 g/mol. The predicted octanol–water partition coefficient (Wildman–Crippen LogP) is 1.48. The van der Waals surface area contributed by atoms with E-state index in [0.717, 1.165) is 32.2 Å². The number of piperidine rings is 1. The number of methoxy groups -OCH3 is 1. The molecule has 0 aromatic carbocycles. The van der Waals surface area contributed by atoms with Crippen molar-refractivity contribution in [3.63, 3.8) is 0 Å². The first-order valence-electron chi connectivity index (χ1n) is 7.86. The third-order valence-corrected chi connectivity index (χ3v) is 6.38. The average Bonchev–Trinajstić information content (AvgIpc) is 3.05. The highest BCUT2D eigenvalue weighted by atomic mass is 32.2. The summed E-state index contributed by atoms with van der Waals surface area (Å²) >= 11 is 0. The fourth-order valence-electron chi connectivity index (χ4n) is 3.18. The van der Waals surface area contributed by atoms with E-state index >= 15 is 0 Å². The molecule has 6 nitrogen and oxygen atoms in total. The quantitative estimate of drug-likeness (QED) is 0.839. The van der Waals surface area contributed by atoms with E-state index in [1.54, 1.807) is 29.7 Å². The Morgan fingerprint density at radius 3 is 2.68 bits per heavy atom. The van der Waals surface area contributed by atoms with Crippen LogP contribution in [0.2, 0.25) is 0 Å². The van der Waals surface area contributed by atoms with Crippen LogP contribution in [0.25, 0.3) is 0 Å². The molecule has 2 aliphatic rings. The number of sulfonamides is 1. The zero-order chi connectivity index (χ0) is 15.6. The Labute approximate surface area is 132 Å². The van der Waals surface area contributed by atoms with Gasteiger partial charge in [0, 0.05) is 39.5 Å². The lowest BCUT2D eigenvalue weighted by Crippen LogP contribution is -2.37. The van der Waals surface area contributed by atoms with Gasteiger partial charge in [-0.05, 0) is 31.4 Å². The van der Waals surface area contributed by atoms with Gasteiger partial charge in [0.15, 0.2) is 0 Å². The van der Waals surface area contributed by atoms with Crippen LogP contribution >= 0.6 is 0 Å². The molecule has 0 N–H and O–H groups in total. The molecule has 3 rings (SSSR count). The molecule has 1 atom stereocenters. The molecule has 0 radical (unpaired) electrons. The van der Waals surface area contributed by atoms with Crippen LogP contribution in [0, 0.1) is 0 Å². The molecule has 2 saturated heterocycles. The Morgan fingerprint density at radius 2 is 2.00 bits per heavy atom. The fraction of sp³-hybridized carbons (Fsp3) is 0.667. The second-order valence-electron chi connectivity index (χ2n) is 5.88. The number of hydrogen-bond donors (Lipinski definition) is 0. The number of aromatic nitrogens is 1. The van der Waals surface area contributed by atoms with Crippen molar-refractivity contribution in [2.45, 2.75) is 36.7 Å². The summed E-state index contributed by atoms with van der Waals surface area (Å²) in [6, 6.07) is 3.37. The zero-order valence-corrected chi connectivity index (χ0v) is 13.8. The SMILES string of the molecule is CO[C@@H]1CCN(c2ncccc2S(=O)(=O)N2CCCCC2)C1. The summed E-state index contributed by atoms with van der Waals surface area (Å²) in [4.78, 5) is 6.70. The van der Waals surface area contributed by atoms with E-state index in [2.05, 4.69) is 4.98 Å². The third-order valence-electron chi connectivity index (χ3n) is 4.46. The van der Waals surface area contributed by atoms with E-state index in [9.17, 15) is 8.42 Å². The van der Waals surface area contributed by atoms with Gasteiger partial charge in [-0.2, -0.15) is 4.31 Å². The van der Waals surface area contributed by atoms with Gasteiger partial charge in [0.1, 0.15) is 10.7 Å². The Morgan fingerprint density at radius 1 is 1.23 bits per heavy atom. The van der Waals surface area contributed by atoms with E-state index in [1.165, 1.54) is 0 Å². The van der Waals surface area contributed by atoms with Crippen LogP contribution in [0.15, 0.2) is 23.2 Å². The Hall–Kier alpha value is -1.18. The van der Waals surface area contributed by atoms with Crippen molar-refractivity contribution in [1.82, 2.24) is 9.29 Å². The smallest absolute Gasteiger partial charge is 0.246 e. The number of ether oxygens (including phenoxy) is 1.